The molecule has 0 radical (unpaired) electrons. The Morgan fingerprint density at radius 1 is 1.30 bits per heavy atom. The summed E-state index contributed by atoms with van der Waals surface area (Å²) in [5, 5.41) is 11.0. The van der Waals surface area contributed by atoms with Crippen molar-refractivity contribution in [3.05, 3.63) is 28.8 Å². The molecule has 0 atom stereocenters. The van der Waals surface area contributed by atoms with Crippen molar-refractivity contribution in [1.82, 2.24) is 19.8 Å². The van der Waals surface area contributed by atoms with Gasteiger partial charge in [-0.1, -0.05) is 11.3 Å². The van der Waals surface area contributed by atoms with Gasteiger partial charge in [-0.25, -0.2) is 4.57 Å². The van der Waals surface area contributed by atoms with E-state index in [2.05, 4.69) is 31.2 Å². The van der Waals surface area contributed by atoms with Crippen molar-refractivity contribution in [2.24, 2.45) is 7.05 Å². The molecule has 3 rings (SSSR count). The summed E-state index contributed by atoms with van der Waals surface area (Å²) < 4.78 is 41.5. The summed E-state index contributed by atoms with van der Waals surface area (Å²) in [6, 6.07) is 1.78. The molecular weight excluding hydrogens is 359 g/mol. The molecule has 0 amide bonds. The lowest BCUT2D eigenvalue weighted by atomic mass is 10.3. The fourth-order valence-corrected chi connectivity index (χ4v) is 3.09. The first-order valence-electron chi connectivity index (χ1n) is 5.30. The van der Waals surface area contributed by atoms with Crippen molar-refractivity contribution >= 4 is 32.2 Å². The largest absolute Gasteiger partial charge is 0.453 e. The maximum atomic E-state index is 12.7. The molecule has 20 heavy (non-hydrogen) atoms. The maximum Gasteiger partial charge on any atom is 0.453 e. The zero-order valence-corrected chi connectivity index (χ0v) is 12.3. The number of pyridine rings is 1. The normalized spacial score (nSPS) is 12.2. The number of alkyl halides is 3. The van der Waals surface area contributed by atoms with Gasteiger partial charge in [-0.2, -0.15) is 22.8 Å². The third-order valence-corrected chi connectivity index (χ3v) is 3.84. The highest BCUT2D eigenvalue weighted by atomic mass is 79.9. The first kappa shape index (κ1) is 13.4. The van der Waals surface area contributed by atoms with Crippen molar-refractivity contribution in [1.29, 1.82) is 0 Å². The van der Waals surface area contributed by atoms with Gasteiger partial charge in [0.25, 0.3) is 5.82 Å². The zero-order valence-electron chi connectivity index (χ0n) is 9.89. The van der Waals surface area contributed by atoms with Gasteiger partial charge in [0.15, 0.2) is 17.4 Å². The van der Waals surface area contributed by atoms with Crippen LogP contribution < -0.4 is 4.57 Å². The molecule has 104 valence electrons. The van der Waals surface area contributed by atoms with Crippen molar-refractivity contribution in [2.45, 2.75) is 6.18 Å². The Balaban J connectivity index is 2.16. The van der Waals surface area contributed by atoms with Crippen LogP contribution in [0.1, 0.15) is 5.82 Å². The molecule has 0 bridgehead atoms. The molecule has 3 heterocycles. The zero-order chi connectivity index (χ0) is 14.5. The number of rotatable bonds is 1. The molecule has 0 N–H and O–H groups in total. The van der Waals surface area contributed by atoms with E-state index in [1.165, 1.54) is 0 Å². The number of nitrogens with zero attached hydrogens (tertiary/aromatic N) is 5. The third kappa shape index (κ3) is 2.29. The van der Waals surface area contributed by atoms with Crippen LogP contribution in [0.25, 0.3) is 15.5 Å². The summed E-state index contributed by atoms with van der Waals surface area (Å²) in [6.45, 7) is 0. The van der Waals surface area contributed by atoms with Crippen molar-refractivity contribution in [3.8, 4) is 10.6 Å². The average Bonchev–Trinajstić information content (AvgIpc) is 2.83. The second-order valence-corrected chi connectivity index (χ2v) is 5.90. The minimum absolute atomic E-state index is 0.106. The number of hydrogen-bond donors (Lipinski definition) is 0. The number of hydrogen-bond acceptors (Lipinski definition) is 4. The van der Waals surface area contributed by atoms with Gasteiger partial charge in [0.2, 0.25) is 4.96 Å². The average molecular weight is 365 g/mol. The fourth-order valence-electron chi connectivity index (χ4n) is 1.70. The van der Waals surface area contributed by atoms with Gasteiger partial charge >= 0.3 is 6.18 Å². The second-order valence-electron chi connectivity index (χ2n) is 4.03. The van der Waals surface area contributed by atoms with Crippen molar-refractivity contribution < 1.29 is 17.7 Å². The summed E-state index contributed by atoms with van der Waals surface area (Å²) in [5.74, 6) is -1.12. The van der Waals surface area contributed by atoms with E-state index in [-0.39, 0.29) is 4.96 Å². The van der Waals surface area contributed by atoms with Crippen molar-refractivity contribution in [2.75, 3.05) is 0 Å². The van der Waals surface area contributed by atoms with Crippen LogP contribution in [0.3, 0.4) is 0 Å². The molecule has 0 unspecified atom stereocenters. The Morgan fingerprint density at radius 2 is 2.05 bits per heavy atom. The molecule has 0 spiro atoms. The van der Waals surface area contributed by atoms with Crippen LogP contribution in [0.5, 0.6) is 0 Å². The van der Waals surface area contributed by atoms with Crippen LogP contribution in [0.15, 0.2) is 22.9 Å². The monoisotopic (exact) mass is 364 g/mol. The topological polar surface area (TPSA) is 47.0 Å². The van der Waals surface area contributed by atoms with E-state index in [1.807, 2.05) is 13.2 Å². The number of fused-ring (bicyclic) bond motifs is 1. The molecule has 10 heteroatoms. The molecule has 3 aromatic heterocycles. The smallest absolute Gasteiger partial charge is 0.206 e. The van der Waals surface area contributed by atoms with E-state index in [9.17, 15) is 13.2 Å². The lowest BCUT2D eigenvalue weighted by molar-refractivity contribution is -0.671. The van der Waals surface area contributed by atoms with Crippen LogP contribution in [-0.4, -0.2) is 19.8 Å². The molecule has 0 saturated heterocycles. The lowest BCUT2D eigenvalue weighted by Gasteiger charge is -2.00. The minimum Gasteiger partial charge on any atom is -0.206 e. The van der Waals surface area contributed by atoms with E-state index < -0.39 is 12.0 Å². The predicted octanol–water partition coefficient (Wildman–Crippen LogP) is 2.46. The standard InChI is InChI=1S/C10H6BrF3N5S/c1-18-3-5(2-6(11)4-18)7-17-19-8(10(12,13)14)15-16-9(19)20-7/h2-4H,1H3/q+1. The van der Waals surface area contributed by atoms with Gasteiger partial charge in [-0.3, -0.25) is 0 Å². The summed E-state index contributed by atoms with van der Waals surface area (Å²) in [5.41, 5.74) is 0.700. The number of aromatic nitrogens is 5. The fraction of sp³-hybridized carbons (Fsp3) is 0.200. The van der Waals surface area contributed by atoms with Gasteiger partial charge in [0.1, 0.15) is 7.05 Å². The Morgan fingerprint density at radius 3 is 2.70 bits per heavy atom. The summed E-state index contributed by atoms with van der Waals surface area (Å²) in [7, 11) is 1.82. The van der Waals surface area contributed by atoms with Gasteiger partial charge in [-0.15, -0.1) is 10.2 Å². The van der Waals surface area contributed by atoms with Crippen LogP contribution in [0.4, 0.5) is 13.2 Å². The Hall–Kier alpha value is -1.55. The highest BCUT2D eigenvalue weighted by Crippen LogP contribution is 2.31. The van der Waals surface area contributed by atoms with Gasteiger partial charge in [0.05, 0.1) is 10.0 Å². The lowest BCUT2D eigenvalue weighted by Crippen LogP contribution is -2.26. The molecule has 3 aromatic rings. The Kier molecular flexibility index (Phi) is 3.01. The summed E-state index contributed by atoms with van der Waals surface area (Å²) >= 11 is 4.38. The molecule has 0 aliphatic carbocycles. The Labute approximate surface area is 122 Å². The Bertz CT molecular complexity index is 774. The SMILES string of the molecule is C[n+]1cc(Br)cc(-c2nn3c(C(F)(F)F)nnc3s2)c1. The highest BCUT2D eigenvalue weighted by Gasteiger charge is 2.38. The van der Waals surface area contributed by atoms with Crippen LogP contribution in [0, 0.1) is 0 Å². The molecule has 0 aromatic carbocycles. The van der Waals surface area contributed by atoms with Crippen LogP contribution >= 0.6 is 27.3 Å². The second kappa shape index (κ2) is 4.48. The molecule has 0 fully saturated rings. The first-order valence-corrected chi connectivity index (χ1v) is 6.91. The van der Waals surface area contributed by atoms with E-state index in [0.717, 1.165) is 20.3 Å². The van der Waals surface area contributed by atoms with E-state index >= 15 is 0 Å². The highest BCUT2D eigenvalue weighted by molar-refractivity contribution is 9.10. The molecule has 0 aliphatic rings. The minimum atomic E-state index is -4.58. The quantitative estimate of drug-likeness (QED) is 0.623. The summed E-state index contributed by atoms with van der Waals surface area (Å²) in [6.07, 6.45) is -0.985. The van der Waals surface area contributed by atoms with Gasteiger partial charge in [0, 0.05) is 0 Å². The molecule has 0 aliphatic heterocycles. The van der Waals surface area contributed by atoms with Gasteiger partial charge in [-0.05, 0) is 22.0 Å². The van der Waals surface area contributed by atoms with Crippen molar-refractivity contribution in [3.63, 3.8) is 0 Å². The molecule has 5 nitrogen and oxygen atoms in total. The first-order chi connectivity index (χ1) is 9.34. The van der Waals surface area contributed by atoms with E-state index in [1.54, 1.807) is 16.8 Å². The molecular formula is C10H6BrF3N5S+. The number of halogens is 4. The van der Waals surface area contributed by atoms with E-state index in [4.69, 9.17) is 0 Å². The van der Waals surface area contributed by atoms with Crippen LogP contribution in [-0.2, 0) is 13.2 Å². The van der Waals surface area contributed by atoms with Gasteiger partial charge < -0.3 is 0 Å². The maximum absolute atomic E-state index is 12.7. The third-order valence-electron chi connectivity index (χ3n) is 2.45. The number of aryl methyl sites for hydroxylation is 1. The summed E-state index contributed by atoms with van der Waals surface area (Å²) in [4.78, 5) is 0.106. The van der Waals surface area contributed by atoms with Crippen LogP contribution in [0.2, 0.25) is 0 Å². The molecule has 0 saturated carbocycles. The van der Waals surface area contributed by atoms with E-state index in [0.29, 0.717) is 10.6 Å². The predicted molar refractivity (Wildman–Crippen MR) is 68.0 cm³/mol.